The first kappa shape index (κ1) is 44.5. The molecule has 4 aliphatic rings. The van der Waals surface area contributed by atoms with Gasteiger partial charge < -0.3 is 49.8 Å². The third-order valence-corrected chi connectivity index (χ3v) is 12.4. The molecule has 2 aromatic carbocycles. The largest absolute Gasteiger partial charge is 0.507 e. The van der Waals surface area contributed by atoms with E-state index in [2.05, 4.69) is 17.1 Å². The van der Waals surface area contributed by atoms with Gasteiger partial charge in [-0.25, -0.2) is 0 Å². The third kappa shape index (κ3) is 8.43. The van der Waals surface area contributed by atoms with Crippen LogP contribution in [-0.2, 0) is 30.3 Å². The molecule has 4 aliphatic heterocycles. The smallest absolute Gasteiger partial charge is 0.312 e. The molecule has 58 heavy (non-hydrogen) atoms. The van der Waals surface area contributed by atoms with Crippen LogP contribution in [0, 0.1) is 30.6 Å². The van der Waals surface area contributed by atoms with E-state index in [1.807, 2.05) is 0 Å². The summed E-state index contributed by atoms with van der Waals surface area (Å²) in [4.78, 5) is 42.7. The zero-order valence-electron chi connectivity index (χ0n) is 35.2. The van der Waals surface area contributed by atoms with Gasteiger partial charge in [-0.2, -0.15) is 0 Å². The number of rotatable bonds is 4. The maximum absolute atomic E-state index is 14.5. The second-order valence-electron chi connectivity index (χ2n) is 16.5. The number of fused-ring (bicyclic) bond motifs is 14. The van der Waals surface area contributed by atoms with Gasteiger partial charge in [0, 0.05) is 79.3 Å². The number of methoxy groups -OCH3 is 1. The van der Waals surface area contributed by atoms with Crippen molar-refractivity contribution < 1.29 is 58.9 Å². The minimum Gasteiger partial charge on any atom is -0.507 e. The van der Waals surface area contributed by atoms with E-state index in [4.69, 9.17) is 18.9 Å². The summed E-state index contributed by atoms with van der Waals surface area (Å²) in [5.41, 5.74) is 0.226. The number of esters is 1. The molecule has 10 unspecified atom stereocenters. The monoisotopic (exact) mass is 808 g/mol. The Bertz CT molecular complexity index is 2010. The molecule has 5 bridgehead atoms. The highest BCUT2D eigenvalue weighted by atomic mass is 16.7. The van der Waals surface area contributed by atoms with Gasteiger partial charge in [0.1, 0.15) is 23.4 Å². The Morgan fingerprint density at radius 2 is 1.64 bits per heavy atom. The van der Waals surface area contributed by atoms with Crippen molar-refractivity contribution in [3.63, 3.8) is 0 Å². The quantitative estimate of drug-likeness (QED) is 0.117. The average molecular weight is 809 g/mol. The van der Waals surface area contributed by atoms with E-state index < -0.39 is 88.8 Å². The Morgan fingerprint density at radius 3 is 2.28 bits per heavy atom. The van der Waals surface area contributed by atoms with Crippen LogP contribution in [0.5, 0.6) is 23.0 Å². The van der Waals surface area contributed by atoms with Gasteiger partial charge in [0.2, 0.25) is 0 Å². The topological polar surface area (TPSA) is 205 Å². The van der Waals surface area contributed by atoms with E-state index in [9.17, 15) is 39.9 Å². The Kier molecular flexibility index (Phi) is 13.6. The van der Waals surface area contributed by atoms with Crippen LogP contribution in [0.25, 0.3) is 10.8 Å². The SMILES string of the molecule is COC1/C=C/OC2(C)Oc3c(C)c(O)c4c(O)c(c(CN5CCCCC5C)c(O)c4c3C2=O)NC(=O)/C(C)=C\C=C\C(C)C(O)C(C)C(O)C(C)C(OC(C)=O)C1C. The van der Waals surface area contributed by atoms with Gasteiger partial charge in [-0.05, 0) is 46.2 Å². The molecule has 1 amide bonds. The molecule has 6 N–H and O–H groups in total. The number of phenols is 3. The van der Waals surface area contributed by atoms with Crippen LogP contribution in [-0.4, -0.2) is 98.0 Å². The lowest BCUT2D eigenvalue weighted by molar-refractivity contribution is -0.160. The summed E-state index contributed by atoms with van der Waals surface area (Å²) in [6.45, 7) is 15.5. The molecule has 0 aliphatic carbocycles. The van der Waals surface area contributed by atoms with Crippen molar-refractivity contribution in [3.8, 4) is 23.0 Å². The molecule has 2 aromatic rings. The number of piperidine rings is 1. The predicted octanol–water partition coefficient (Wildman–Crippen LogP) is 6.13. The number of carbonyl (C=O) groups excluding carboxylic acids is 3. The zero-order valence-corrected chi connectivity index (χ0v) is 35.2. The summed E-state index contributed by atoms with van der Waals surface area (Å²) >= 11 is 0. The van der Waals surface area contributed by atoms with E-state index in [0.717, 1.165) is 19.3 Å². The number of Topliss-reactive ketones (excluding diaryl/α,β-unsaturated/α-hetero) is 1. The van der Waals surface area contributed by atoms with Crippen molar-refractivity contribution in [3.05, 3.63) is 52.8 Å². The molecule has 6 rings (SSSR count). The predicted molar refractivity (Wildman–Crippen MR) is 218 cm³/mol. The van der Waals surface area contributed by atoms with Gasteiger partial charge in [-0.1, -0.05) is 52.3 Å². The second-order valence-corrected chi connectivity index (χ2v) is 16.5. The molecule has 14 nitrogen and oxygen atoms in total. The van der Waals surface area contributed by atoms with E-state index in [-0.39, 0.29) is 57.1 Å². The first-order chi connectivity index (χ1) is 27.2. The number of nitrogens with zero attached hydrogens (tertiary/aromatic N) is 1. The normalized spacial score (nSPS) is 33.5. The van der Waals surface area contributed by atoms with Crippen LogP contribution in [0.1, 0.15) is 96.1 Å². The van der Waals surface area contributed by atoms with Gasteiger partial charge in [0.25, 0.3) is 11.7 Å². The highest BCUT2D eigenvalue weighted by Gasteiger charge is 2.50. The van der Waals surface area contributed by atoms with Crippen molar-refractivity contribution in [2.24, 2.45) is 23.7 Å². The van der Waals surface area contributed by atoms with Crippen molar-refractivity contribution in [1.82, 2.24) is 4.90 Å². The maximum Gasteiger partial charge on any atom is 0.312 e. The fourth-order valence-electron chi connectivity index (χ4n) is 8.54. The van der Waals surface area contributed by atoms with Gasteiger partial charge >= 0.3 is 11.8 Å². The third-order valence-electron chi connectivity index (χ3n) is 12.4. The molecule has 0 spiro atoms. The molecule has 318 valence electrons. The Balaban J connectivity index is 1.71. The number of nitrogens with one attached hydrogen (secondary N) is 1. The van der Waals surface area contributed by atoms with Crippen molar-refractivity contribution in [2.75, 3.05) is 19.0 Å². The minimum absolute atomic E-state index is 0.0503. The number of aliphatic hydroxyl groups excluding tert-OH is 2. The number of ether oxygens (including phenoxy) is 4. The number of benzene rings is 2. The van der Waals surface area contributed by atoms with Gasteiger partial charge in [-0.3, -0.25) is 19.3 Å². The summed E-state index contributed by atoms with van der Waals surface area (Å²) in [6.07, 6.45) is 6.59. The van der Waals surface area contributed by atoms with Crippen molar-refractivity contribution in [2.45, 2.75) is 124 Å². The number of aliphatic hydroxyl groups is 2. The molecule has 0 aromatic heterocycles. The maximum atomic E-state index is 14.5. The minimum atomic E-state index is -2.01. The second kappa shape index (κ2) is 17.7. The number of hydrogen-bond donors (Lipinski definition) is 6. The lowest BCUT2D eigenvalue weighted by atomic mass is 9.78. The van der Waals surface area contributed by atoms with E-state index in [1.54, 1.807) is 46.8 Å². The molecular formula is C44H60N2O12. The number of aromatic hydroxyl groups is 3. The van der Waals surface area contributed by atoms with Gasteiger partial charge in [0.05, 0.1) is 41.2 Å². The average Bonchev–Trinajstić information content (AvgIpc) is 3.45. The van der Waals surface area contributed by atoms with Crippen molar-refractivity contribution in [1.29, 1.82) is 0 Å². The lowest BCUT2D eigenvalue weighted by Crippen LogP contribution is -2.46. The Morgan fingerprint density at radius 1 is 0.948 bits per heavy atom. The lowest BCUT2D eigenvalue weighted by Gasteiger charge is -2.38. The number of allylic oxidation sites excluding steroid dienone is 2. The Hall–Kier alpha value is -4.63. The van der Waals surface area contributed by atoms with Crippen LogP contribution in [0.2, 0.25) is 0 Å². The van der Waals surface area contributed by atoms with Crippen LogP contribution in [0.15, 0.2) is 36.1 Å². The fraction of sp³-hybridized carbons (Fsp3) is 0.568. The number of amides is 1. The first-order valence-corrected chi connectivity index (χ1v) is 20.1. The number of carbonyl (C=O) groups is 3. The summed E-state index contributed by atoms with van der Waals surface area (Å²) in [6, 6.07) is 0.111. The molecule has 0 saturated carbocycles. The van der Waals surface area contributed by atoms with Gasteiger partial charge in [-0.15, -0.1) is 0 Å². The zero-order chi connectivity index (χ0) is 43.0. The first-order valence-electron chi connectivity index (χ1n) is 20.1. The highest BCUT2D eigenvalue weighted by molar-refractivity contribution is 6.22. The fourth-order valence-corrected chi connectivity index (χ4v) is 8.54. The van der Waals surface area contributed by atoms with E-state index >= 15 is 0 Å². The number of hydrogen-bond acceptors (Lipinski definition) is 13. The van der Waals surface area contributed by atoms with E-state index in [1.165, 1.54) is 46.3 Å². The number of phenolic OH excluding ortho intramolecular Hbond substituents is 3. The number of anilines is 1. The van der Waals surface area contributed by atoms with Crippen LogP contribution < -0.4 is 10.1 Å². The summed E-state index contributed by atoms with van der Waals surface area (Å²) < 4.78 is 23.7. The molecule has 10 atom stereocenters. The van der Waals surface area contributed by atoms with Crippen LogP contribution in [0.4, 0.5) is 5.69 Å². The van der Waals surface area contributed by atoms with Crippen LogP contribution in [0.3, 0.4) is 0 Å². The number of ketones is 1. The summed E-state index contributed by atoms with van der Waals surface area (Å²) in [5.74, 6) is -7.80. The van der Waals surface area contributed by atoms with Gasteiger partial charge in [0.15, 0.2) is 5.75 Å². The highest BCUT2D eigenvalue weighted by Crippen LogP contribution is 2.55. The molecule has 4 heterocycles. The van der Waals surface area contributed by atoms with E-state index in [0.29, 0.717) is 6.54 Å². The molecule has 0 radical (unpaired) electrons. The molecule has 14 heteroatoms. The van der Waals surface area contributed by atoms with Crippen LogP contribution >= 0.6 is 0 Å². The Labute approximate surface area is 340 Å². The standard InChI is InChI=1S/C44H60N2O12/c1-21-14-13-15-22(2)43(54)45-34-29(20-46-18-12-11-16-23(46)3)38(51)31-32(39(34)52)37(50)27(7)41-33(31)42(53)44(9,58-41)56-19-17-30(55-10)24(4)40(57-28(8)47)26(6)36(49)25(5)35(21)48/h13-15,17,19,21,23-26,30,35-36,40,48-52H,11-12,16,18,20H2,1-10H3,(H,45,54)/b14-13+,19-17+,22-15-. The summed E-state index contributed by atoms with van der Waals surface area (Å²) in [5, 5.41) is 61.1. The molecular weight excluding hydrogens is 748 g/mol. The molecule has 1 saturated heterocycles. The molecule has 1 fully saturated rings. The van der Waals surface area contributed by atoms with Crippen molar-refractivity contribution >= 4 is 34.1 Å². The summed E-state index contributed by atoms with van der Waals surface area (Å²) in [7, 11) is 1.45. The number of likely N-dealkylation sites (tertiary alicyclic amines) is 1.